The first-order chi connectivity index (χ1) is 16.4. The number of hydrogen-bond donors (Lipinski definition) is 1. The summed E-state index contributed by atoms with van der Waals surface area (Å²) in [7, 11) is 0. The van der Waals surface area contributed by atoms with Crippen molar-refractivity contribution in [2.75, 3.05) is 26.2 Å². The summed E-state index contributed by atoms with van der Waals surface area (Å²) in [6.45, 7) is 1.25. The zero-order valence-electron chi connectivity index (χ0n) is 18.5. The minimum absolute atomic E-state index is 0.0598. The summed E-state index contributed by atoms with van der Waals surface area (Å²) in [4.78, 5) is 40.7. The van der Waals surface area contributed by atoms with Gasteiger partial charge in [0.25, 0.3) is 11.5 Å². The number of likely N-dealkylation sites (tertiary alicyclic amines) is 2. The van der Waals surface area contributed by atoms with Crippen molar-refractivity contribution in [1.29, 1.82) is 0 Å². The summed E-state index contributed by atoms with van der Waals surface area (Å²) in [6, 6.07) is 11.4. The van der Waals surface area contributed by atoms with E-state index in [1.54, 1.807) is 29.2 Å². The number of piperidine rings is 1. The van der Waals surface area contributed by atoms with Crippen molar-refractivity contribution in [3.63, 3.8) is 0 Å². The first-order valence-electron chi connectivity index (χ1n) is 11.4. The highest BCUT2D eigenvalue weighted by Gasteiger charge is 2.39. The van der Waals surface area contributed by atoms with Gasteiger partial charge in [0.2, 0.25) is 5.91 Å². The van der Waals surface area contributed by atoms with Crippen LogP contribution >= 0.6 is 0 Å². The second-order valence-electron chi connectivity index (χ2n) is 8.94. The topological polar surface area (TPSA) is 86.4 Å². The maximum atomic E-state index is 14.5. The van der Waals surface area contributed by atoms with E-state index in [0.29, 0.717) is 54.4 Å². The summed E-state index contributed by atoms with van der Waals surface area (Å²) in [5.41, 5.74) is 0.948. The van der Waals surface area contributed by atoms with E-state index in [1.165, 1.54) is 17.0 Å². The second-order valence-corrected chi connectivity index (χ2v) is 8.94. The number of carbonyl (C=O) groups excluding carboxylic acids is 2. The first kappa shape index (κ1) is 22.2. The molecule has 0 unspecified atom stereocenters. The normalized spacial score (nSPS) is 17.1. The molecule has 2 aliphatic heterocycles. The van der Waals surface area contributed by atoms with Crippen LogP contribution in [-0.2, 0) is 11.2 Å². The van der Waals surface area contributed by atoms with Gasteiger partial charge in [-0.2, -0.15) is 5.10 Å². The molecule has 9 heteroatoms. The van der Waals surface area contributed by atoms with E-state index in [-0.39, 0.29) is 36.0 Å². The quantitative estimate of drug-likeness (QED) is 0.641. The van der Waals surface area contributed by atoms with Gasteiger partial charge in [-0.3, -0.25) is 14.4 Å². The van der Waals surface area contributed by atoms with Crippen molar-refractivity contribution >= 4 is 22.6 Å². The number of nitrogens with one attached hydrogen (secondary N) is 1. The third kappa shape index (κ3) is 4.18. The zero-order chi connectivity index (χ0) is 23.8. The smallest absolute Gasteiger partial charge is 0.272 e. The van der Waals surface area contributed by atoms with Crippen molar-refractivity contribution < 1.29 is 18.4 Å². The van der Waals surface area contributed by atoms with Crippen LogP contribution in [0.2, 0.25) is 0 Å². The van der Waals surface area contributed by atoms with Crippen molar-refractivity contribution in [3.8, 4) is 0 Å². The van der Waals surface area contributed by atoms with Gasteiger partial charge in [-0.1, -0.05) is 24.3 Å². The highest BCUT2D eigenvalue weighted by atomic mass is 19.1. The molecule has 0 saturated carbocycles. The SMILES string of the molecule is O=C(c1cc(Cc2n[nH]c(=O)c3ccccc23)ccc1F)N1CC(C(=O)N2CCC(F)CC2)C1. The van der Waals surface area contributed by atoms with Gasteiger partial charge in [0, 0.05) is 38.0 Å². The largest absolute Gasteiger partial charge is 0.342 e. The number of halogens is 2. The molecule has 0 atom stereocenters. The van der Waals surface area contributed by atoms with Crippen LogP contribution in [0.15, 0.2) is 47.3 Å². The molecule has 1 N–H and O–H groups in total. The van der Waals surface area contributed by atoms with Gasteiger partial charge >= 0.3 is 0 Å². The molecule has 2 aromatic carbocycles. The van der Waals surface area contributed by atoms with E-state index in [4.69, 9.17) is 0 Å². The molecule has 5 rings (SSSR count). The number of benzene rings is 2. The molecule has 2 fully saturated rings. The molecule has 0 bridgehead atoms. The van der Waals surface area contributed by atoms with Gasteiger partial charge in [-0.15, -0.1) is 0 Å². The van der Waals surface area contributed by atoms with E-state index < -0.39 is 17.9 Å². The third-order valence-corrected chi connectivity index (χ3v) is 6.66. The summed E-state index contributed by atoms with van der Waals surface area (Å²) >= 11 is 0. The van der Waals surface area contributed by atoms with Crippen molar-refractivity contribution in [3.05, 3.63) is 75.5 Å². The third-order valence-electron chi connectivity index (χ3n) is 6.66. The zero-order valence-corrected chi connectivity index (χ0v) is 18.5. The lowest BCUT2D eigenvalue weighted by atomic mass is 9.95. The summed E-state index contributed by atoms with van der Waals surface area (Å²) in [5, 5.41) is 7.84. The summed E-state index contributed by atoms with van der Waals surface area (Å²) in [5.74, 6) is -1.50. The van der Waals surface area contributed by atoms with Crippen molar-refractivity contribution in [1.82, 2.24) is 20.0 Å². The lowest BCUT2D eigenvalue weighted by Crippen LogP contribution is -2.57. The Morgan fingerprint density at radius 3 is 2.47 bits per heavy atom. The van der Waals surface area contributed by atoms with Crippen LogP contribution in [0.1, 0.15) is 34.5 Å². The Bertz CT molecular complexity index is 1310. The van der Waals surface area contributed by atoms with E-state index in [0.717, 1.165) is 0 Å². The molecule has 176 valence electrons. The van der Waals surface area contributed by atoms with Gasteiger partial charge in [0.1, 0.15) is 12.0 Å². The molecule has 3 aromatic rings. The number of amides is 2. The van der Waals surface area contributed by atoms with Crippen LogP contribution < -0.4 is 5.56 Å². The lowest BCUT2D eigenvalue weighted by Gasteiger charge is -2.41. The molecule has 34 heavy (non-hydrogen) atoms. The summed E-state index contributed by atoms with van der Waals surface area (Å²) < 4.78 is 27.9. The second kappa shape index (κ2) is 8.96. The Morgan fingerprint density at radius 2 is 1.74 bits per heavy atom. The molecule has 2 aliphatic rings. The van der Waals surface area contributed by atoms with Crippen molar-refractivity contribution in [2.45, 2.75) is 25.4 Å². The minimum Gasteiger partial charge on any atom is -0.342 e. The molecule has 3 heterocycles. The van der Waals surface area contributed by atoms with Gasteiger partial charge in [-0.25, -0.2) is 13.9 Å². The predicted octanol–water partition coefficient (Wildman–Crippen LogP) is 2.69. The fraction of sp³-hybridized carbons (Fsp3) is 0.360. The molecule has 2 amide bonds. The minimum atomic E-state index is -0.858. The maximum absolute atomic E-state index is 14.5. The Labute approximate surface area is 194 Å². The van der Waals surface area contributed by atoms with Crippen LogP contribution in [0.5, 0.6) is 0 Å². The Hall–Kier alpha value is -3.62. The lowest BCUT2D eigenvalue weighted by molar-refractivity contribution is -0.141. The monoisotopic (exact) mass is 466 g/mol. The van der Waals surface area contributed by atoms with E-state index in [1.807, 2.05) is 6.07 Å². The van der Waals surface area contributed by atoms with Crippen molar-refractivity contribution in [2.24, 2.45) is 5.92 Å². The number of nitrogens with zero attached hydrogens (tertiary/aromatic N) is 3. The average molecular weight is 466 g/mol. The first-order valence-corrected chi connectivity index (χ1v) is 11.4. The average Bonchev–Trinajstić information content (AvgIpc) is 2.81. The number of aromatic amines is 1. The van der Waals surface area contributed by atoms with Crippen LogP contribution in [0.3, 0.4) is 0 Å². The van der Waals surface area contributed by atoms with E-state index in [9.17, 15) is 23.2 Å². The molecular weight excluding hydrogens is 442 g/mol. The van der Waals surface area contributed by atoms with Crippen LogP contribution in [-0.4, -0.2) is 64.2 Å². The standard InChI is InChI=1S/C25H24F2N4O3/c26-17-7-9-30(10-8-17)24(33)16-13-31(14-16)25(34)20-11-15(5-6-21(20)27)12-22-18-3-1-2-4-19(18)23(32)29-28-22/h1-6,11,16-17H,7-10,12-14H2,(H,29,32). The Balaban J connectivity index is 1.28. The van der Waals surface area contributed by atoms with Crippen LogP contribution in [0.4, 0.5) is 8.78 Å². The van der Waals surface area contributed by atoms with Crippen LogP contribution in [0, 0.1) is 11.7 Å². The number of alkyl halides is 1. The van der Waals surface area contributed by atoms with Gasteiger partial charge in [0.05, 0.1) is 22.6 Å². The number of fused-ring (bicyclic) bond motifs is 1. The highest BCUT2D eigenvalue weighted by molar-refractivity contribution is 5.96. The number of rotatable bonds is 4. The Morgan fingerprint density at radius 1 is 1.03 bits per heavy atom. The fourth-order valence-electron chi connectivity index (χ4n) is 4.64. The molecule has 1 aromatic heterocycles. The number of carbonyl (C=O) groups is 2. The fourth-order valence-corrected chi connectivity index (χ4v) is 4.64. The Kier molecular flexibility index (Phi) is 5.85. The molecular formula is C25H24F2N4O3. The van der Waals surface area contributed by atoms with E-state index >= 15 is 0 Å². The van der Waals surface area contributed by atoms with Crippen LogP contribution in [0.25, 0.3) is 10.8 Å². The number of aromatic nitrogens is 2. The molecule has 0 spiro atoms. The predicted molar refractivity (Wildman–Crippen MR) is 122 cm³/mol. The molecule has 0 radical (unpaired) electrons. The molecule has 2 saturated heterocycles. The van der Waals surface area contributed by atoms with Gasteiger partial charge in [-0.05, 0) is 36.6 Å². The maximum Gasteiger partial charge on any atom is 0.272 e. The number of hydrogen-bond acceptors (Lipinski definition) is 4. The highest BCUT2D eigenvalue weighted by Crippen LogP contribution is 2.25. The van der Waals surface area contributed by atoms with Gasteiger partial charge < -0.3 is 9.80 Å². The summed E-state index contributed by atoms with van der Waals surface area (Å²) in [6.07, 6.45) is 0.142. The molecule has 7 nitrogen and oxygen atoms in total. The van der Waals surface area contributed by atoms with Gasteiger partial charge in [0.15, 0.2) is 0 Å². The van der Waals surface area contributed by atoms with E-state index in [2.05, 4.69) is 10.2 Å². The number of H-pyrrole nitrogens is 1. The molecule has 0 aliphatic carbocycles.